The summed E-state index contributed by atoms with van der Waals surface area (Å²) in [7, 11) is 0. The van der Waals surface area contributed by atoms with Crippen LogP contribution in [-0.2, 0) is 4.79 Å². The number of ether oxygens (including phenoxy) is 2. The maximum Gasteiger partial charge on any atom is 0.257 e. The average Bonchev–Trinajstić information content (AvgIpc) is 2.82. The minimum Gasteiger partial charge on any atom is -0.486 e. The van der Waals surface area contributed by atoms with E-state index in [1.165, 1.54) is 17.8 Å². The van der Waals surface area contributed by atoms with Crippen LogP contribution in [0.15, 0.2) is 65.6 Å². The quantitative estimate of drug-likeness (QED) is 0.349. The van der Waals surface area contributed by atoms with Gasteiger partial charge >= 0.3 is 0 Å². The van der Waals surface area contributed by atoms with Gasteiger partial charge in [0.1, 0.15) is 13.2 Å². The molecule has 1 heterocycles. The molecule has 34 heavy (non-hydrogen) atoms. The average molecular weight is 517 g/mol. The Labute approximate surface area is 211 Å². The first-order valence-electron chi connectivity index (χ1n) is 10.7. The number of anilines is 2. The molecule has 9 heteroatoms. The van der Waals surface area contributed by atoms with E-state index in [-0.39, 0.29) is 22.1 Å². The maximum absolute atomic E-state index is 12.9. The Kier molecular flexibility index (Phi) is 7.88. The van der Waals surface area contributed by atoms with E-state index in [4.69, 9.17) is 32.7 Å². The standard InChI is InChI=1S/C25H22Cl2N2O4S/c1-2-23(25(31)29-17-7-9-21-22(14-17)33-11-10-32-21)34-18-5-3-4-16(13-18)28-24(30)19-8-6-15(26)12-20(19)27/h3-9,12-14,23H,2,10-11H2,1H3,(H,28,30)(H,29,31). The summed E-state index contributed by atoms with van der Waals surface area (Å²) >= 11 is 13.5. The molecule has 0 fully saturated rings. The van der Waals surface area contributed by atoms with Gasteiger partial charge in [0, 0.05) is 27.4 Å². The van der Waals surface area contributed by atoms with Gasteiger partial charge in [-0.2, -0.15) is 0 Å². The highest BCUT2D eigenvalue weighted by Gasteiger charge is 2.20. The van der Waals surface area contributed by atoms with Crippen LogP contribution in [0.4, 0.5) is 11.4 Å². The van der Waals surface area contributed by atoms with Gasteiger partial charge in [-0.05, 0) is 55.0 Å². The molecule has 2 N–H and O–H groups in total. The van der Waals surface area contributed by atoms with Crippen molar-refractivity contribution >= 4 is 58.2 Å². The van der Waals surface area contributed by atoms with Crippen molar-refractivity contribution in [3.05, 3.63) is 76.3 Å². The lowest BCUT2D eigenvalue weighted by atomic mass is 10.2. The molecule has 1 aliphatic heterocycles. The van der Waals surface area contributed by atoms with Gasteiger partial charge in [0.15, 0.2) is 11.5 Å². The Morgan fingerprint density at radius 1 is 0.941 bits per heavy atom. The highest BCUT2D eigenvalue weighted by Crippen LogP contribution is 2.34. The minimum absolute atomic E-state index is 0.119. The highest BCUT2D eigenvalue weighted by atomic mass is 35.5. The third-order valence-electron chi connectivity index (χ3n) is 5.02. The van der Waals surface area contributed by atoms with Gasteiger partial charge < -0.3 is 20.1 Å². The molecular weight excluding hydrogens is 495 g/mol. The molecule has 0 aliphatic carbocycles. The summed E-state index contributed by atoms with van der Waals surface area (Å²) in [6, 6.07) is 17.4. The van der Waals surface area contributed by atoms with Crippen LogP contribution in [0, 0.1) is 0 Å². The number of benzene rings is 3. The van der Waals surface area contributed by atoms with Crippen molar-refractivity contribution in [1.82, 2.24) is 0 Å². The summed E-state index contributed by atoms with van der Waals surface area (Å²) in [5, 5.41) is 6.20. The van der Waals surface area contributed by atoms with Crippen LogP contribution in [0.5, 0.6) is 11.5 Å². The first kappa shape index (κ1) is 24.3. The fraction of sp³-hybridized carbons (Fsp3) is 0.200. The van der Waals surface area contributed by atoms with Gasteiger partial charge in [-0.15, -0.1) is 11.8 Å². The molecule has 1 unspecified atom stereocenters. The number of carbonyl (C=O) groups excluding carboxylic acids is 2. The highest BCUT2D eigenvalue weighted by molar-refractivity contribution is 8.00. The lowest BCUT2D eigenvalue weighted by Gasteiger charge is -2.20. The molecule has 3 aromatic rings. The van der Waals surface area contributed by atoms with E-state index in [0.29, 0.717) is 53.1 Å². The van der Waals surface area contributed by atoms with Gasteiger partial charge in [0.2, 0.25) is 5.91 Å². The van der Waals surface area contributed by atoms with E-state index in [0.717, 1.165) is 4.90 Å². The van der Waals surface area contributed by atoms with Crippen molar-refractivity contribution in [1.29, 1.82) is 0 Å². The van der Waals surface area contributed by atoms with E-state index in [9.17, 15) is 9.59 Å². The van der Waals surface area contributed by atoms with E-state index < -0.39 is 0 Å². The molecular formula is C25H22Cl2N2O4S. The van der Waals surface area contributed by atoms with Gasteiger partial charge in [-0.1, -0.05) is 36.2 Å². The first-order chi connectivity index (χ1) is 16.4. The van der Waals surface area contributed by atoms with Crippen LogP contribution >= 0.6 is 35.0 Å². The number of nitrogens with one attached hydrogen (secondary N) is 2. The molecule has 0 saturated carbocycles. The molecule has 4 rings (SSSR count). The summed E-state index contributed by atoms with van der Waals surface area (Å²) in [4.78, 5) is 26.4. The van der Waals surface area contributed by atoms with Crippen LogP contribution in [0.25, 0.3) is 0 Å². The number of amides is 2. The number of fused-ring (bicyclic) bond motifs is 1. The monoisotopic (exact) mass is 516 g/mol. The van der Waals surface area contributed by atoms with E-state index in [1.807, 2.05) is 25.1 Å². The van der Waals surface area contributed by atoms with Gasteiger partial charge in [0.05, 0.1) is 15.8 Å². The summed E-state index contributed by atoms with van der Waals surface area (Å²) in [6.45, 7) is 2.95. The molecule has 0 spiro atoms. The second-order valence-corrected chi connectivity index (χ2v) is 9.59. The van der Waals surface area contributed by atoms with E-state index >= 15 is 0 Å². The Bertz CT molecular complexity index is 1220. The zero-order valence-electron chi connectivity index (χ0n) is 18.3. The zero-order chi connectivity index (χ0) is 24.1. The van der Waals surface area contributed by atoms with Crippen LogP contribution in [0.3, 0.4) is 0 Å². The van der Waals surface area contributed by atoms with Crippen molar-refractivity contribution in [2.24, 2.45) is 0 Å². The Morgan fingerprint density at radius 3 is 2.47 bits per heavy atom. The van der Waals surface area contributed by atoms with Crippen molar-refractivity contribution < 1.29 is 19.1 Å². The Morgan fingerprint density at radius 2 is 1.71 bits per heavy atom. The number of halogens is 2. The van der Waals surface area contributed by atoms with E-state index in [2.05, 4.69) is 10.6 Å². The second kappa shape index (κ2) is 11.0. The molecule has 0 aromatic heterocycles. The molecule has 0 saturated heterocycles. The number of hydrogen-bond donors (Lipinski definition) is 2. The lowest BCUT2D eigenvalue weighted by Crippen LogP contribution is -2.24. The third-order valence-corrected chi connectivity index (χ3v) is 6.92. The number of carbonyl (C=O) groups is 2. The van der Waals surface area contributed by atoms with Crippen LogP contribution in [-0.4, -0.2) is 30.3 Å². The Hall–Kier alpha value is -2.87. The second-order valence-electron chi connectivity index (χ2n) is 7.47. The van der Waals surface area contributed by atoms with Gasteiger partial charge in [-0.25, -0.2) is 0 Å². The fourth-order valence-corrected chi connectivity index (χ4v) is 4.86. The zero-order valence-corrected chi connectivity index (χ0v) is 20.6. The van der Waals surface area contributed by atoms with Crippen LogP contribution in [0.2, 0.25) is 10.0 Å². The number of thioether (sulfide) groups is 1. The smallest absolute Gasteiger partial charge is 0.257 e. The predicted octanol–water partition coefficient (Wildman–Crippen LogP) is 6.53. The van der Waals surface area contributed by atoms with Crippen molar-refractivity contribution in [2.45, 2.75) is 23.5 Å². The van der Waals surface area contributed by atoms with Crippen LogP contribution in [0.1, 0.15) is 23.7 Å². The summed E-state index contributed by atoms with van der Waals surface area (Å²) in [5.74, 6) is 0.831. The fourth-order valence-electron chi connectivity index (χ4n) is 3.35. The molecule has 1 aliphatic rings. The molecule has 6 nitrogen and oxygen atoms in total. The molecule has 0 radical (unpaired) electrons. The predicted molar refractivity (Wildman–Crippen MR) is 137 cm³/mol. The molecule has 0 bridgehead atoms. The Balaban J connectivity index is 1.41. The van der Waals surface area contributed by atoms with Gasteiger partial charge in [-0.3, -0.25) is 9.59 Å². The SMILES string of the molecule is CCC(Sc1cccc(NC(=O)c2ccc(Cl)cc2Cl)c1)C(=O)Nc1ccc2c(c1)OCCO2. The molecule has 2 amide bonds. The normalized spacial score (nSPS) is 13.1. The van der Waals surface area contributed by atoms with Crippen molar-refractivity contribution in [3.8, 4) is 11.5 Å². The minimum atomic E-state index is -0.341. The third kappa shape index (κ3) is 5.97. The van der Waals surface area contributed by atoms with Crippen LogP contribution < -0.4 is 20.1 Å². The van der Waals surface area contributed by atoms with Crippen molar-refractivity contribution in [3.63, 3.8) is 0 Å². The number of hydrogen-bond acceptors (Lipinski definition) is 5. The maximum atomic E-state index is 12.9. The molecule has 1 atom stereocenters. The first-order valence-corrected chi connectivity index (χ1v) is 12.3. The molecule has 176 valence electrons. The van der Waals surface area contributed by atoms with E-state index in [1.54, 1.807) is 36.4 Å². The topological polar surface area (TPSA) is 76.7 Å². The van der Waals surface area contributed by atoms with Gasteiger partial charge in [0.25, 0.3) is 5.91 Å². The summed E-state index contributed by atoms with van der Waals surface area (Å²) in [6.07, 6.45) is 0.623. The molecule has 3 aromatic carbocycles. The summed E-state index contributed by atoms with van der Waals surface area (Å²) < 4.78 is 11.1. The largest absolute Gasteiger partial charge is 0.486 e. The van der Waals surface area contributed by atoms with Crippen molar-refractivity contribution in [2.75, 3.05) is 23.8 Å². The lowest BCUT2D eigenvalue weighted by molar-refractivity contribution is -0.115. The summed E-state index contributed by atoms with van der Waals surface area (Å²) in [5.41, 5.74) is 1.58. The number of rotatable bonds is 7.